The number of aliphatic hydroxyl groups is 1. The van der Waals surface area contributed by atoms with Crippen molar-refractivity contribution in [3.8, 4) is 0 Å². The fourth-order valence-electron chi connectivity index (χ4n) is 2.24. The molecule has 0 bridgehead atoms. The molecule has 1 rings (SSSR count). The summed E-state index contributed by atoms with van der Waals surface area (Å²) in [4.78, 5) is 2.53. The zero-order valence-corrected chi connectivity index (χ0v) is 9.92. The highest BCUT2D eigenvalue weighted by atomic mass is 16.3. The molecule has 1 unspecified atom stereocenters. The molecule has 0 saturated heterocycles. The minimum Gasteiger partial charge on any atom is -0.396 e. The second-order valence-electron chi connectivity index (χ2n) is 5.01. The van der Waals surface area contributed by atoms with Gasteiger partial charge in [0, 0.05) is 24.6 Å². The molecular formula is C12H25NO. The van der Waals surface area contributed by atoms with Gasteiger partial charge >= 0.3 is 0 Å². The van der Waals surface area contributed by atoms with Gasteiger partial charge in [-0.2, -0.15) is 0 Å². The van der Waals surface area contributed by atoms with Gasteiger partial charge in [-0.15, -0.1) is 0 Å². The molecular weight excluding hydrogens is 174 g/mol. The smallest absolute Gasteiger partial charge is 0.0497 e. The fraction of sp³-hybridized carbons (Fsp3) is 1.00. The number of hydrogen-bond acceptors (Lipinski definition) is 2. The van der Waals surface area contributed by atoms with Crippen molar-refractivity contribution in [2.75, 3.05) is 19.7 Å². The van der Waals surface area contributed by atoms with Crippen LogP contribution in [0.2, 0.25) is 0 Å². The van der Waals surface area contributed by atoms with E-state index in [1.54, 1.807) is 0 Å². The van der Waals surface area contributed by atoms with E-state index in [2.05, 4.69) is 25.7 Å². The maximum Gasteiger partial charge on any atom is 0.0497 e. The lowest BCUT2D eigenvalue weighted by molar-refractivity contribution is 0.0786. The monoisotopic (exact) mass is 199 g/mol. The van der Waals surface area contributed by atoms with E-state index in [1.165, 1.54) is 19.3 Å². The topological polar surface area (TPSA) is 23.5 Å². The number of hydrogen-bond donors (Lipinski definition) is 1. The van der Waals surface area contributed by atoms with Gasteiger partial charge in [0.1, 0.15) is 0 Å². The Morgan fingerprint density at radius 2 is 2.00 bits per heavy atom. The first-order valence-corrected chi connectivity index (χ1v) is 6.00. The van der Waals surface area contributed by atoms with Crippen LogP contribution in [-0.4, -0.2) is 35.7 Å². The average Bonchev–Trinajstić information content (AvgIpc) is 2.98. The normalized spacial score (nSPS) is 21.2. The molecule has 1 aliphatic rings. The van der Waals surface area contributed by atoms with Crippen LogP contribution in [0.3, 0.4) is 0 Å². The molecule has 0 aromatic carbocycles. The van der Waals surface area contributed by atoms with Crippen LogP contribution < -0.4 is 0 Å². The van der Waals surface area contributed by atoms with E-state index in [-0.39, 0.29) is 5.41 Å². The zero-order chi connectivity index (χ0) is 10.6. The third-order valence-corrected chi connectivity index (χ3v) is 3.29. The molecule has 0 aromatic heterocycles. The van der Waals surface area contributed by atoms with Crippen LogP contribution >= 0.6 is 0 Å². The third-order valence-electron chi connectivity index (χ3n) is 3.29. The Balaban J connectivity index is 2.43. The van der Waals surface area contributed by atoms with Gasteiger partial charge in [0.15, 0.2) is 0 Å². The summed E-state index contributed by atoms with van der Waals surface area (Å²) in [5.74, 6) is 0. The van der Waals surface area contributed by atoms with E-state index in [0.717, 1.165) is 25.6 Å². The Kier molecular flexibility index (Phi) is 4.39. The Labute approximate surface area is 88.3 Å². The number of rotatable bonds is 7. The van der Waals surface area contributed by atoms with Crippen LogP contribution in [0.5, 0.6) is 0 Å². The Bertz CT molecular complexity index is 168. The number of aliphatic hydroxyl groups excluding tert-OH is 1. The van der Waals surface area contributed by atoms with Crippen molar-refractivity contribution in [1.82, 2.24) is 4.90 Å². The van der Waals surface area contributed by atoms with Crippen molar-refractivity contribution in [3.63, 3.8) is 0 Å². The van der Waals surface area contributed by atoms with E-state index in [1.807, 2.05) is 0 Å². The molecule has 2 nitrogen and oxygen atoms in total. The van der Waals surface area contributed by atoms with E-state index in [0.29, 0.717) is 6.61 Å². The van der Waals surface area contributed by atoms with E-state index in [9.17, 15) is 5.11 Å². The predicted molar refractivity (Wildman–Crippen MR) is 60.4 cm³/mol. The maximum absolute atomic E-state index is 9.44. The molecule has 0 aliphatic heterocycles. The lowest BCUT2D eigenvalue weighted by atomic mass is 9.86. The highest BCUT2D eigenvalue weighted by molar-refractivity contribution is 4.88. The summed E-state index contributed by atoms with van der Waals surface area (Å²) in [6.07, 6.45) is 5.02. The van der Waals surface area contributed by atoms with Crippen LogP contribution in [0.4, 0.5) is 0 Å². The first-order valence-electron chi connectivity index (χ1n) is 6.00. The van der Waals surface area contributed by atoms with Crippen LogP contribution in [0, 0.1) is 5.41 Å². The summed E-state index contributed by atoms with van der Waals surface area (Å²) >= 11 is 0. The molecule has 0 radical (unpaired) electrons. The fourth-order valence-corrected chi connectivity index (χ4v) is 2.24. The molecule has 1 saturated carbocycles. The molecule has 14 heavy (non-hydrogen) atoms. The highest BCUT2D eigenvalue weighted by Crippen LogP contribution is 2.31. The second-order valence-corrected chi connectivity index (χ2v) is 5.01. The lowest BCUT2D eigenvalue weighted by Gasteiger charge is -2.33. The van der Waals surface area contributed by atoms with Crippen LogP contribution in [0.1, 0.15) is 46.5 Å². The van der Waals surface area contributed by atoms with Crippen molar-refractivity contribution in [1.29, 1.82) is 0 Å². The minimum atomic E-state index is 0.118. The van der Waals surface area contributed by atoms with Gasteiger partial charge < -0.3 is 10.0 Å². The van der Waals surface area contributed by atoms with Crippen molar-refractivity contribution in [3.05, 3.63) is 0 Å². The molecule has 1 aliphatic carbocycles. The van der Waals surface area contributed by atoms with Crippen molar-refractivity contribution < 1.29 is 5.11 Å². The SMILES string of the molecule is CCCC(C)(CO)CN(CC)C1CC1. The summed E-state index contributed by atoms with van der Waals surface area (Å²) in [5, 5.41) is 9.44. The number of nitrogens with zero attached hydrogens (tertiary/aromatic N) is 1. The molecule has 0 aromatic rings. The molecule has 1 N–H and O–H groups in total. The Hall–Kier alpha value is -0.0800. The van der Waals surface area contributed by atoms with Crippen LogP contribution in [0.15, 0.2) is 0 Å². The van der Waals surface area contributed by atoms with Gasteiger partial charge in [0.2, 0.25) is 0 Å². The maximum atomic E-state index is 9.44. The summed E-state index contributed by atoms with van der Waals surface area (Å²) in [7, 11) is 0. The Morgan fingerprint density at radius 1 is 1.36 bits per heavy atom. The van der Waals surface area contributed by atoms with Gasteiger partial charge in [0.25, 0.3) is 0 Å². The zero-order valence-electron chi connectivity index (χ0n) is 9.92. The first-order chi connectivity index (χ1) is 6.65. The van der Waals surface area contributed by atoms with Crippen LogP contribution in [-0.2, 0) is 0 Å². The third kappa shape index (κ3) is 3.25. The summed E-state index contributed by atoms with van der Waals surface area (Å²) in [6.45, 7) is 9.15. The van der Waals surface area contributed by atoms with Gasteiger partial charge in [-0.25, -0.2) is 0 Å². The second kappa shape index (κ2) is 5.13. The first kappa shape index (κ1) is 12.0. The molecule has 0 spiro atoms. The van der Waals surface area contributed by atoms with Crippen molar-refractivity contribution in [2.24, 2.45) is 5.41 Å². The van der Waals surface area contributed by atoms with E-state index in [4.69, 9.17) is 0 Å². The minimum absolute atomic E-state index is 0.118. The summed E-state index contributed by atoms with van der Waals surface area (Å²) < 4.78 is 0. The van der Waals surface area contributed by atoms with Gasteiger partial charge in [-0.05, 0) is 25.8 Å². The Morgan fingerprint density at radius 3 is 2.36 bits per heavy atom. The van der Waals surface area contributed by atoms with E-state index >= 15 is 0 Å². The molecule has 2 heteroatoms. The standard InChI is InChI=1S/C12H25NO/c1-4-8-12(3,10-14)9-13(5-2)11-6-7-11/h11,14H,4-10H2,1-3H3. The predicted octanol–water partition coefficient (Wildman–Crippen LogP) is 2.27. The molecule has 1 atom stereocenters. The average molecular weight is 199 g/mol. The van der Waals surface area contributed by atoms with Gasteiger partial charge in [0.05, 0.1) is 0 Å². The van der Waals surface area contributed by atoms with Crippen molar-refractivity contribution >= 4 is 0 Å². The molecule has 1 fully saturated rings. The quantitative estimate of drug-likeness (QED) is 0.680. The van der Waals surface area contributed by atoms with Gasteiger partial charge in [-0.1, -0.05) is 27.2 Å². The highest BCUT2D eigenvalue weighted by Gasteiger charge is 2.33. The van der Waals surface area contributed by atoms with Crippen molar-refractivity contribution in [2.45, 2.75) is 52.5 Å². The largest absolute Gasteiger partial charge is 0.396 e. The molecule has 84 valence electrons. The molecule has 0 heterocycles. The van der Waals surface area contributed by atoms with Gasteiger partial charge in [-0.3, -0.25) is 0 Å². The lowest BCUT2D eigenvalue weighted by Crippen LogP contribution is -2.39. The summed E-state index contributed by atoms with van der Waals surface area (Å²) in [6, 6.07) is 0.822. The molecule has 0 amide bonds. The van der Waals surface area contributed by atoms with E-state index < -0.39 is 0 Å². The van der Waals surface area contributed by atoms with Crippen LogP contribution in [0.25, 0.3) is 0 Å². The summed E-state index contributed by atoms with van der Waals surface area (Å²) in [5.41, 5.74) is 0.118.